The number of anilines is 1. The number of carboxylic acids is 1. The van der Waals surface area contributed by atoms with Crippen molar-refractivity contribution in [3.63, 3.8) is 0 Å². The average molecular weight is 225 g/mol. The zero-order chi connectivity index (χ0) is 12.3. The van der Waals surface area contributed by atoms with Gasteiger partial charge >= 0.3 is 5.97 Å². The number of benzene rings is 1. The minimum absolute atomic E-state index is 0.0700. The second-order valence-corrected chi connectivity index (χ2v) is 3.41. The minimum Gasteiger partial charge on any atom is -0.481 e. The average Bonchev–Trinajstić information content (AvgIpc) is 2.26. The molecule has 1 unspecified atom stereocenters. The molecule has 5 heteroatoms. The summed E-state index contributed by atoms with van der Waals surface area (Å²) in [6.07, 6.45) is 0. The maximum Gasteiger partial charge on any atom is 0.315 e. The number of halogens is 1. The maximum absolute atomic E-state index is 13.3. The Balaban J connectivity index is 2.95. The van der Waals surface area contributed by atoms with Crippen LogP contribution in [-0.2, 0) is 9.59 Å². The van der Waals surface area contributed by atoms with E-state index in [9.17, 15) is 14.0 Å². The molecule has 1 amide bonds. The molecule has 4 nitrogen and oxygen atoms in total. The predicted molar refractivity (Wildman–Crippen MR) is 56.6 cm³/mol. The number of amides is 1. The highest BCUT2D eigenvalue weighted by Gasteiger charge is 2.25. The molecule has 0 aliphatic carbocycles. The third-order valence-electron chi connectivity index (χ3n) is 2.29. The fourth-order valence-electron chi connectivity index (χ4n) is 1.24. The van der Waals surface area contributed by atoms with Gasteiger partial charge in [0, 0.05) is 7.05 Å². The molecule has 0 aromatic heterocycles. The summed E-state index contributed by atoms with van der Waals surface area (Å²) in [6, 6.07) is 5.71. The van der Waals surface area contributed by atoms with Gasteiger partial charge in [0.25, 0.3) is 0 Å². The molecule has 1 aromatic rings. The largest absolute Gasteiger partial charge is 0.481 e. The van der Waals surface area contributed by atoms with Crippen molar-refractivity contribution < 1.29 is 19.1 Å². The number of hydrogen-bond donors (Lipinski definition) is 1. The summed E-state index contributed by atoms with van der Waals surface area (Å²) in [5.41, 5.74) is 0.0700. The topological polar surface area (TPSA) is 57.6 Å². The van der Waals surface area contributed by atoms with E-state index in [-0.39, 0.29) is 5.69 Å². The Hall–Kier alpha value is -1.91. The molecule has 0 spiro atoms. The number of rotatable bonds is 3. The Labute approximate surface area is 92.3 Å². The van der Waals surface area contributed by atoms with E-state index < -0.39 is 23.6 Å². The minimum atomic E-state index is -1.23. The lowest BCUT2D eigenvalue weighted by Crippen LogP contribution is -2.35. The van der Waals surface area contributed by atoms with Gasteiger partial charge < -0.3 is 10.0 Å². The van der Waals surface area contributed by atoms with Crippen LogP contribution in [-0.4, -0.2) is 24.0 Å². The van der Waals surface area contributed by atoms with Crippen molar-refractivity contribution in [3.8, 4) is 0 Å². The quantitative estimate of drug-likeness (QED) is 0.793. The molecule has 86 valence electrons. The van der Waals surface area contributed by atoms with E-state index in [1.807, 2.05) is 0 Å². The van der Waals surface area contributed by atoms with Crippen LogP contribution in [0.1, 0.15) is 6.92 Å². The van der Waals surface area contributed by atoms with Crippen molar-refractivity contribution in [2.45, 2.75) is 6.92 Å². The van der Waals surface area contributed by atoms with Gasteiger partial charge in [0.15, 0.2) is 0 Å². The molecule has 1 N–H and O–H groups in total. The second-order valence-electron chi connectivity index (χ2n) is 3.41. The molecule has 0 aliphatic rings. The van der Waals surface area contributed by atoms with E-state index in [1.165, 1.54) is 32.2 Å². The number of carboxylic acid groups (broad SMARTS) is 1. The van der Waals surface area contributed by atoms with Crippen molar-refractivity contribution in [2.75, 3.05) is 11.9 Å². The van der Waals surface area contributed by atoms with Gasteiger partial charge in [-0.2, -0.15) is 0 Å². The van der Waals surface area contributed by atoms with E-state index >= 15 is 0 Å². The van der Waals surface area contributed by atoms with E-state index in [2.05, 4.69) is 0 Å². The molecule has 0 heterocycles. The van der Waals surface area contributed by atoms with Crippen LogP contribution in [0.25, 0.3) is 0 Å². The normalized spacial score (nSPS) is 11.9. The fourth-order valence-corrected chi connectivity index (χ4v) is 1.24. The van der Waals surface area contributed by atoms with Gasteiger partial charge in [-0.3, -0.25) is 9.59 Å². The van der Waals surface area contributed by atoms with Gasteiger partial charge in [0.05, 0.1) is 5.69 Å². The van der Waals surface area contributed by atoms with E-state index in [0.717, 1.165) is 4.90 Å². The number of para-hydroxylation sites is 1. The van der Waals surface area contributed by atoms with Gasteiger partial charge in [-0.05, 0) is 19.1 Å². The smallest absolute Gasteiger partial charge is 0.315 e. The molecule has 0 saturated heterocycles. The standard InChI is InChI=1S/C11H12FNO3/c1-7(11(15)16)10(14)13(2)9-6-4-3-5-8(9)12/h3-7H,1-2H3,(H,15,16). The van der Waals surface area contributed by atoms with Gasteiger partial charge in [0.1, 0.15) is 11.7 Å². The first-order valence-corrected chi connectivity index (χ1v) is 4.70. The van der Waals surface area contributed by atoms with Crippen molar-refractivity contribution in [1.29, 1.82) is 0 Å². The first-order valence-electron chi connectivity index (χ1n) is 4.70. The molecule has 0 fully saturated rings. The zero-order valence-electron chi connectivity index (χ0n) is 8.98. The lowest BCUT2D eigenvalue weighted by atomic mass is 10.1. The number of carbonyl (C=O) groups excluding carboxylic acids is 1. The Morgan fingerprint density at radius 2 is 1.94 bits per heavy atom. The molecule has 16 heavy (non-hydrogen) atoms. The van der Waals surface area contributed by atoms with Gasteiger partial charge in [-0.25, -0.2) is 4.39 Å². The molecule has 0 saturated carbocycles. The lowest BCUT2D eigenvalue weighted by molar-refractivity contribution is -0.145. The summed E-state index contributed by atoms with van der Waals surface area (Å²) in [7, 11) is 1.35. The monoisotopic (exact) mass is 225 g/mol. The zero-order valence-corrected chi connectivity index (χ0v) is 8.98. The fraction of sp³-hybridized carbons (Fsp3) is 0.273. The van der Waals surface area contributed by atoms with Gasteiger partial charge in [0.2, 0.25) is 5.91 Å². The van der Waals surface area contributed by atoms with Crippen LogP contribution < -0.4 is 4.90 Å². The Bertz CT molecular complexity index is 419. The first-order chi connectivity index (χ1) is 7.45. The molecule has 1 rings (SSSR count). The number of hydrogen-bond acceptors (Lipinski definition) is 2. The molecular weight excluding hydrogens is 213 g/mol. The summed E-state index contributed by atoms with van der Waals surface area (Å²) >= 11 is 0. The van der Waals surface area contributed by atoms with E-state index in [1.54, 1.807) is 6.07 Å². The van der Waals surface area contributed by atoms with Crippen molar-refractivity contribution in [3.05, 3.63) is 30.1 Å². The van der Waals surface area contributed by atoms with Crippen LogP contribution in [0, 0.1) is 11.7 Å². The van der Waals surface area contributed by atoms with Crippen molar-refractivity contribution >= 4 is 17.6 Å². The van der Waals surface area contributed by atoms with E-state index in [4.69, 9.17) is 5.11 Å². The van der Waals surface area contributed by atoms with Gasteiger partial charge in [-0.1, -0.05) is 12.1 Å². The Morgan fingerprint density at radius 3 is 2.44 bits per heavy atom. The van der Waals surface area contributed by atoms with Crippen LogP contribution in [0.2, 0.25) is 0 Å². The third-order valence-corrected chi connectivity index (χ3v) is 2.29. The summed E-state index contributed by atoms with van der Waals surface area (Å²) < 4.78 is 13.3. The third kappa shape index (κ3) is 2.36. The summed E-state index contributed by atoms with van der Waals surface area (Å²) in [5, 5.41) is 8.68. The predicted octanol–water partition coefficient (Wildman–Crippen LogP) is 1.51. The molecule has 1 aromatic carbocycles. The van der Waals surface area contributed by atoms with Crippen LogP contribution in [0.15, 0.2) is 24.3 Å². The van der Waals surface area contributed by atoms with Crippen LogP contribution in [0.4, 0.5) is 10.1 Å². The lowest BCUT2D eigenvalue weighted by Gasteiger charge is -2.19. The van der Waals surface area contributed by atoms with Crippen LogP contribution in [0.3, 0.4) is 0 Å². The van der Waals surface area contributed by atoms with Gasteiger partial charge in [-0.15, -0.1) is 0 Å². The molecule has 1 atom stereocenters. The van der Waals surface area contributed by atoms with Crippen LogP contribution >= 0.6 is 0 Å². The highest BCUT2D eigenvalue weighted by molar-refractivity contribution is 6.05. The highest BCUT2D eigenvalue weighted by Crippen LogP contribution is 2.18. The summed E-state index contributed by atoms with van der Waals surface area (Å²) in [5.74, 6) is -3.63. The van der Waals surface area contributed by atoms with E-state index in [0.29, 0.717) is 0 Å². The van der Waals surface area contributed by atoms with Crippen LogP contribution in [0.5, 0.6) is 0 Å². The molecule has 0 radical (unpaired) electrons. The molecule has 0 bridgehead atoms. The number of aliphatic carboxylic acids is 1. The summed E-state index contributed by atoms with van der Waals surface area (Å²) in [6.45, 7) is 1.27. The number of nitrogens with zero attached hydrogens (tertiary/aromatic N) is 1. The van der Waals surface area contributed by atoms with Crippen molar-refractivity contribution in [1.82, 2.24) is 0 Å². The first kappa shape index (κ1) is 12.2. The molecule has 0 aliphatic heterocycles. The Kier molecular flexibility index (Phi) is 3.60. The number of carbonyl (C=O) groups is 2. The second kappa shape index (κ2) is 4.74. The maximum atomic E-state index is 13.3. The summed E-state index contributed by atoms with van der Waals surface area (Å²) in [4.78, 5) is 23.2. The van der Waals surface area contributed by atoms with Crippen molar-refractivity contribution in [2.24, 2.45) is 5.92 Å². The highest BCUT2D eigenvalue weighted by atomic mass is 19.1. The SMILES string of the molecule is CC(C(=O)O)C(=O)N(C)c1ccccc1F. The Morgan fingerprint density at radius 1 is 1.38 bits per heavy atom. The molecular formula is C11H12FNO3.